The summed E-state index contributed by atoms with van der Waals surface area (Å²) in [4.78, 5) is 5.43. The second-order valence-electron chi connectivity index (χ2n) is 3.60. The number of ether oxygens (including phenoxy) is 1. The van der Waals surface area contributed by atoms with Gasteiger partial charge in [-0.25, -0.2) is 4.98 Å². The molecule has 0 spiro atoms. The molecule has 0 saturated heterocycles. The van der Waals surface area contributed by atoms with E-state index >= 15 is 0 Å². The standard InChI is InChI=1S/C10H16N2OS/c1-2-13-10-12-7-9(14-10)6-11-5-8-3-4-8/h7-8,11H,2-6H2,1H3. The van der Waals surface area contributed by atoms with E-state index in [1.807, 2.05) is 13.1 Å². The molecule has 0 aromatic carbocycles. The minimum Gasteiger partial charge on any atom is -0.470 e. The van der Waals surface area contributed by atoms with Crippen molar-refractivity contribution in [3.8, 4) is 5.19 Å². The Morgan fingerprint density at radius 2 is 2.50 bits per heavy atom. The van der Waals surface area contributed by atoms with Gasteiger partial charge in [0.1, 0.15) is 0 Å². The first kappa shape index (κ1) is 9.93. The maximum absolute atomic E-state index is 5.31. The highest BCUT2D eigenvalue weighted by Crippen LogP contribution is 2.28. The third-order valence-corrected chi connectivity index (χ3v) is 3.14. The van der Waals surface area contributed by atoms with Crippen LogP contribution in [0.25, 0.3) is 0 Å². The van der Waals surface area contributed by atoms with Crippen LogP contribution >= 0.6 is 11.3 Å². The zero-order valence-corrected chi connectivity index (χ0v) is 9.27. The molecule has 1 aromatic rings. The number of nitrogens with one attached hydrogen (secondary N) is 1. The lowest BCUT2D eigenvalue weighted by Crippen LogP contribution is -2.15. The van der Waals surface area contributed by atoms with Gasteiger partial charge in [0.15, 0.2) is 0 Å². The molecule has 1 heterocycles. The molecule has 0 amide bonds. The van der Waals surface area contributed by atoms with Crippen molar-refractivity contribution in [3.05, 3.63) is 11.1 Å². The van der Waals surface area contributed by atoms with Crippen molar-refractivity contribution in [3.63, 3.8) is 0 Å². The summed E-state index contributed by atoms with van der Waals surface area (Å²) in [5.41, 5.74) is 0. The quantitative estimate of drug-likeness (QED) is 0.783. The molecule has 14 heavy (non-hydrogen) atoms. The van der Waals surface area contributed by atoms with Crippen LogP contribution in [0.3, 0.4) is 0 Å². The van der Waals surface area contributed by atoms with Crippen molar-refractivity contribution in [1.82, 2.24) is 10.3 Å². The molecule has 3 nitrogen and oxygen atoms in total. The first-order valence-corrected chi connectivity index (χ1v) is 5.98. The summed E-state index contributed by atoms with van der Waals surface area (Å²) in [6.07, 6.45) is 4.70. The fourth-order valence-corrected chi connectivity index (χ4v) is 2.07. The van der Waals surface area contributed by atoms with Gasteiger partial charge in [0.25, 0.3) is 5.19 Å². The number of rotatable bonds is 6. The average molecular weight is 212 g/mol. The van der Waals surface area contributed by atoms with Crippen LogP contribution < -0.4 is 10.1 Å². The summed E-state index contributed by atoms with van der Waals surface area (Å²) in [5, 5.41) is 4.22. The summed E-state index contributed by atoms with van der Waals surface area (Å²) in [7, 11) is 0. The van der Waals surface area contributed by atoms with Gasteiger partial charge in [0.2, 0.25) is 0 Å². The molecule has 0 atom stereocenters. The largest absolute Gasteiger partial charge is 0.470 e. The second kappa shape index (κ2) is 4.75. The highest BCUT2D eigenvalue weighted by atomic mass is 32.1. The molecule has 4 heteroatoms. The van der Waals surface area contributed by atoms with E-state index in [9.17, 15) is 0 Å². The summed E-state index contributed by atoms with van der Waals surface area (Å²) in [6, 6.07) is 0. The zero-order chi connectivity index (χ0) is 9.80. The van der Waals surface area contributed by atoms with E-state index in [0.717, 1.165) is 24.2 Å². The van der Waals surface area contributed by atoms with Crippen molar-refractivity contribution in [1.29, 1.82) is 0 Å². The Morgan fingerprint density at radius 3 is 3.21 bits per heavy atom. The molecule has 0 bridgehead atoms. The van der Waals surface area contributed by atoms with Crippen molar-refractivity contribution >= 4 is 11.3 Å². The van der Waals surface area contributed by atoms with E-state index in [-0.39, 0.29) is 0 Å². The van der Waals surface area contributed by atoms with Crippen LogP contribution in [0.1, 0.15) is 24.6 Å². The SMILES string of the molecule is CCOc1ncc(CNCC2CC2)s1. The van der Waals surface area contributed by atoms with Gasteiger partial charge < -0.3 is 10.1 Å². The minimum atomic E-state index is 0.697. The van der Waals surface area contributed by atoms with Gasteiger partial charge in [-0.3, -0.25) is 0 Å². The number of hydrogen-bond donors (Lipinski definition) is 1. The Balaban J connectivity index is 1.71. The van der Waals surface area contributed by atoms with Gasteiger partial charge >= 0.3 is 0 Å². The minimum absolute atomic E-state index is 0.697. The van der Waals surface area contributed by atoms with Crippen LogP contribution in [0, 0.1) is 5.92 Å². The third kappa shape index (κ3) is 2.96. The van der Waals surface area contributed by atoms with Gasteiger partial charge in [-0.1, -0.05) is 11.3 Å². The highest BCUT2D eigenvalue weighted by molar-refractivity contribution is 7.13. The van der Waals surface area contributed by atoms with Crippen LogP contribution in [-0.4, -0.2) is 18.1 Å². The van der Waals surface area contributed by atoms with E-state index in [1.54, 1.807) is 11.3 Å². The summed E-state index contributed by atoms with van der Waals surface area (Å²) < 4.78 is 5.31. The van der Waals surface area contributed by atoms with Crippen molar-refractivity contribution in [2.75, 3.05) is 13.2 Å². The highest BCUT2D eigenvalue weighted by Gasteiger charge is 2.20. The van der Waals surface area contributed by atoms with E-state index in [2.05, 4.69) is 10.3 Å². The maximum atomic E-state index is 5.31. The van der Waals surface area contributed by atoms with E-state index in [4.69, 9.17) is 4.74 Å². The lowest BCUT2D eigenvalue weighted by molar-refractivity contribution is 0.338. The van der Waals surface area contributed by atoms with Crippen molar-refractivity contribution in [2.45, 2.75) is 26.3 Å². The molecule has 1 fully saturated rings. The summed E-state index contributed by atoms with van der Waals surface area (Å²) in [6.45, 7) is 4.76. The molecule has 1 aliphatic rings. The molecule has 78 valence electrons. The summed E-state index contributed by atoms with van der Waals surface area (Å²) in [5.74, 6) is 0.939. The van der Waals surface area contributed by atoms with Gasteiger partial charge in [-0.15, -0.1) is 0 Å². The van der Waals surface area contributed by atoms with Crippen LogP contribution in [-0.2, 0) is 6.54 Å². The zero-order valence-electron chi connectivity index (χ0n) is 8.45. The Kier molecular flexibility index (Phi) is 3.37. The molecule has 2 rings (SSSR count). The van der Waals surface area contributed by atoms with Crippen molar-refractivity contribution < 1.29 is 4.74 Å². The van der Waals surface area contributed by atoms with Crippen LogP contribution in [0.5, 0.6) is 5.19 Å². The van der Waals surface area contributed by atoms with Gasteiger partial charge in [-0.05, 0) is 32.2 Å². The second-order valence-corrected chi connectivity index (χ2v) is 4.68. The van der Waals surface area contributed by atoms with Crippen LogP contribution in [0.4, 0.5) is 0 Å². The van der Waals surface area contributed by atoms with Crippen molar-refractivity contribution in [2.24, 2.45) is 5.92 Å². The molecule has 1 aromatic heterocycles. The van der Waals surface area contributed by atoms with Gasteiger partial charge in [0.05, 0.1) is 6.61 Å². The molecule has 0 unspecified atom stereocenters. The van der Waals surface area contributed by atoms with E-state index < -0.39 is 0 Å². The van der Waals surface area contributed by atoms with Crippen LogP contribution in [0.2, 0.25) is 0 Å². The fraction of sp³-hybridized carbons (Fsp3) is 0.700. The molecule has 1 saturated carbocycles. The molecule has 0 radical (unpaired) electrons. The molecule has 1 aliphatic carbocycles. The molecular formula is C10H16N2OS. The predicted molar refractivity (Wildman–Crippen MR) is 57.7 cm³/mol. The topological polar surface area (TPSA) is 34.1 Å². The maximum Gasteiger partial charge on any atom is 0.273 e. The number of nitrogens with zero attached hydrogens (tertiary/aromatic N) is 1. The summed E-state index contributed by atoms with van der Waals surface area (Å²) >= 11 is 1.63. The monoisotopic (exact) mass is 212 g/mol. The lowest BCUT2D eigenvalue weighted by atomic mass is 10.4. The average Bonchev–Trinajstić information content (AvgIpc) is 2.88. The third-order valence-electron chi connectivity index (χ3n) is 2.23. The number of thiazole rings is 1. The van der Waals surface area contributed by atoms with E-state index in [1.165, 1.54) is 17.7 Å². The van der Waals surface area contributed by atoms with Gasteiger partial charge in [0, 0.05) is 17.6 Å². The fourth-order valence-electron chi connectivity index (χ4n) is 1.28. The Labute approximate surface area is 88.5 Å². The molecule has 1 N–H and O–H groups in total. The Hall–Kier alpha value is -0.610. The molecule has 0 aliphatic heterocycles. The first-order valence-electron chi connectivity index (χ1n) is 5.16. The molecular weight excluding hydrogens is 196 g/mol. The lowest BCUT2D eigenvalue weighted by Gasteiger charge is -1.99. The van der Waals surface area contributed by atoms with Gasteiger partial charge in [-0.2, -0.15) is 0 Å². The number of hydrogen-bond acceptors (Lipinski definition) is 4. The Morgan fingerprint density at radius 1 is 1.64 bits per heavy atom. The first-order chi connectivity index (χ1) is 6.88. The normalized spacial score (nSPS) is 15.8. The smallest absolute Gasteiger partial charge is 0.273 e. The predicted octanol–water partition coefficient (Wildman–Crippen LogP) is 2.04. The van der Waals surface area contributed by atoms with E-state index in [0.29, 0.717) is 6.61 Å². The Bertz CT molecular complexity index is 283. The number of aromatic nitrogens is 1. The van der Waals surface area contributed by atoms with Crippen LogP contribution in [0.15, 0.2) is 6.20 Å².